The smallest absolute Gasteiger partial charge is 0.410 e. The Morgan fingerprint density at radius 3 is 2.18 bits per heavy atom. The van der Waals surface area contributed by atoms with Gasteiger partial charge in [-0.2, -0.15) is 0 Å². The number of nitrogens with zero attached hydrogens (tertiary/aromatic N) is 3. The molecule has 0 aliphatic carbocycles. The molecule has 0 saturated carbocycles. The van der Waals surface area contributed by atoms with Crippen molar-refractivity contribution in [1.29, 1.82) is 0 Å². The maximum atomic E-state index is 11.7. The largest absolute Gasteiger partial charge is 0.535 e. The van der Waals surface area contributed by atoms with Gasteiger partial charge >= 0.3 is 6.09 Å². The van der Waals surface area contributed by atoms with Crippen molar-refractivity contribution < 1.29 is 30.6 Å². The van der Waals surface area contributed by atoms with Gasteiger partial charge in [-0.1, -0.05) is 0 Å². The molecule has 0 atom stereocenters. The van der Waals surface area contributed by atoms with Gasteiger partial charge in [-0.3, -0.25) is 6.34 Å². The maximum absolute atomic E-state index is 11.7. The summed E-state index contributed by atoms with van der Waals surface area (Å²) in [4.78, 5) is 19.2. The second-order valence-electron chi connectivity index (χ2n) is 4.78. The van der Waals surface area contributed by atoms with Crippen molar-refractivity contribution in [2.45, 2.75) is 26.4 Å². The van der Waals surface area contributed by atoms with E-state index in [1.54, 1.807) is 11.9 Å². The Labute approximate surface area is 117 Å². The van der Waals surface area contributed by atoms with Gasteiger partial charge in [-0.25, -0.2) is 4.79 Å². The number of piperazine rings is 1. The van der Waals surface area contributed by atoms with Gasteiger partial charge in [0.1, 0.15) is 5.60 Å². The third kappa shape index (κ3) is 6.06. The molecule has 0 aromatic rings. The molecule has 17 heavy (non-hydrogen) atoms. The van der Waals surface area contributed by atoms with Crippen LogP contribution in [0.25, 0.3) is 0 Å². The fourth-order valence-corrected chi connectivity index (χ4v) is 1.46. The van der Waals surface area contributed by atoms with Crippen molar-refractivity contribution >= 4 is 12.4 Å². The Hall–Kier alpha value is -0.572. The summed E-state index contributed by atoms with van der Waals surface area (Å²) in [6, 6.07) is 0. The van der Waals surface area contributed by atoms with E-state index >= 15 is 0 Å². The van der Waals surface area contributed by atoms with Crippen LogP contribution in [0.1, 0.15) is 20.8 Å². The van der Waals surface area contributed by atoms with Crippen molar-refractivity contribution in [3.63, 3.8) is 0 Å². The molecule has 1 rings (SSSR count). The van der Waals surface area contributed by atoms with Gasteiger partial charge in [0.15, 0.2) is 0 Å². The average molecular weight is 410 g/mol. The van der Waals surface area contributed by atoms with Crippen LogP contribution in [-0.4, -0.2) is 61.1 Å². The second-order valence-corrected chi connectivity index (χ2v) is 4.78. The monoisotopic (exact) mass is 410 g/mol. The van der Waals surface area contributed by atoms with E-state index in [4.69, 9.17) is 4.74 Å². The Morgan fingerprint density at radius 2 is 1.76 bits per heavy atom. The first-order valence-corrected chi connectivity index (χ1v) is 5.50. The summed E-state index contributed by atoms with van der Waals surface area (Å²) in [5, 5.41) is 0. The van der Waals surface area contributed by atoms with Crippen molar-refractivity contribution in [3.05, 3.63) is 0 Å². The summed E-state index contributed by atoms with van der Waals surface area (Å²) in [5.74, 6) is 0. The molecule has 0 N–H and O–H groups in total. The van der Waals surface area contributed by atoms with Crippen LogP contribution in [0.3, 0.4) is 0 Å². The van der Waals surface area contributed by atoms with Crippen molar-refractivity contribution in [2.75, 3.05) is 33.2 Å². The number of amides is 1. The van der Waals surface area contributed by atoms with E-state index in [0.29, 0.717) is 13.1 Å². The summed E-state index contributed by atoms with van der Waals surface area (Å²) >= 11 is 0. The fourth-order valence-electron chi connectivity index (χ4n) is 1.46. The Balaban J connectivity index is 0.00000256. The van der Waals surface area contributed by atoms with Gasteiger partial charge in [-0.05, 0) is 27.8 Å². The van der Waals surface area contributed by atoms with Gasteiger partial charge < -0.3 is 19.5 Å². The van der Waals surface area contributed by atoms with Crippen LogP contribution in [0.5, 0.6) is 0 Å². The number of ether oxygens (including phenoxy) is 1. The Morgan fingerprint density at radius 1 is 1.24 bits per heavy atom. The molecule has 6 heteroatoms. The van der Waals surface area contributed by atoms with Crippen molar-refractivity contribution in [3.8, 4) is 0 Å². The minimum atomic E-state index is -0.425. The van der Waals surface area contributed by atoms with E-state index in [2.05, 4.69) is 11.3 Å². The third-order valence-electron chi connectivity index (χ3n) is 2.17. The molecule has 1 fully saturated rings. The number of carbonyl (C=O) groups excluding carboxylic acids is 1. The molecule has 5 nitrogen and oxygen atoms in total. The molecule has 0 unspecified atom stereocenters. The number of hydrogen-bond acceptors (Lipinski definition) is 3. The van der Waals surface area contributed by atoms with Crippen LogP contribution in [0.2, 0.25) is 0 Å². The van der Waals surface area contributed by atoms with E-state index in [1.807, 2.05) is 25.7 Å². The van der Waals surface area contributed by atoms with Gasteiger partial charge in [0.2, 0.25) is 0 Å². The molecule has 0 bridgehead atoms. The van der Waals surface area contributed by atoms with E-state index in [-0.39, 0.29) is 27.2 Å². The number of aliphatic imine (C=N–C) groups is 1. The average Bonchev–Trinajstić information content (AvgIpc) is 2.16. The minimum Gasteiger partial charge on any atom is -0.535 e. The van der Waals surface area contributed by atoms with E-state index in [1.165, 1.54) is 0 Å². The number of carbonyl (C=O) groups is 1. The molecule has 1 aliphatic rings. The Bertz CT molecular complexity index is 268. The molecule has 1 heterocycles. The number of rotatable bonds is 1. The zero-order valence-corrected chi connectivity index (χ0v) is 13.8. The van der Waals surface area contributed by atoms with Crippen LogP contribution in [-0.2, 0) is 25.8 Å². The maximum Gasteiger partial charge on any atom is 0.410 e. The molecule has 1 saturated heterocycles. The van der Waals surface area contributed by atoms with Gasteiger partial charge in [0.05, 0.1) is 0 Å². The molecule has 0 spiro atoms. The molecule has 0 aromatic heterocycles. The summed E-state index contributed by atoms with van der Waals surface area (Å²) < 4.78 is 5.30. The molecule has 98 valence electrons. The van der Waals surface area contributed by atoms with E-state index in [0.717, 1.165) is 13.1 Å². The SMILES string of the molecule is CN=[C-]N1CCN(C(=O)OC(C)(C)C)CC1.[W]. The van der Waals surface area contributed by atoms with Crippen molar-refractivity contribution in [1.82, 2.24) is 9.80 Å². The van der Waals surface area contributed by atoms with Crippen LogP contribution < -0.4 is 0 Å². The van der Waals surface area contributed by atoms with Gasteiger partial charge in [-0.15, -0.1) is 0 Å². The standard InChI is InChI=1S/C11H20N3O2.W/c1-11(2,3)16-10(15)14-7-5-13(6-8-14)9-12-4;/h5-8H2,1-4H3;/q-1;. The second kappa shape index (κ2) is 6.99. The third-order valence-corrected chi connectivity index (χ3v) is 2.17. The van der Waals surface area contributed by atoms with Crippen LogP contribution in [0.15, 0.2) is 4.99 Å². The molecular formula is C11H20N3O2W-. The fraction of sp³-hybridized carbons (Fsp3) is 0.818. The van der Waals surface area contributed by atoms with Crippen LogP contribution >= 0.6 is 0 Å². The zero-order valence-electron chi connectivity index (χ0n) is 10.9. The molecular weight excluding hydrogens is 390 g/mol. The van der Waals surface area contributed by atoms with Gasteiger partial charge in [0, 0.05) is 47.2 Å². The number of hydrogen-bond donors (Lipinski definition) is 0. The Kier molecular flexibility index (Phi) is 6.76. The first kappa shape index (κ1) is 16.4. The van der Waals surface area contributed by atoms with Gasteiger partial charge in [0.25, 0.3) is 0 Å². The molecule has 1 amide bonds. The van der Waals surface area contributed by atoms with E-state index in [9.17, 15) is 4.79 Å². The topological polar surface area (TPSA) is 45.1 Å². The molecule has 1 aliphatic heterocycles. The predicted octanol–water partition coefficient (Wildman–Crippen LogP) is 1.07. The first-order chi connectivity index (χ1) is 7.42. The van der Waals surface area contributed by atoms with Crippen LogP contribution in [0.4, 0.5) is 4.79 Å². The van der Waals surface area contributed by atoms with Crippen molar-refractivity contribution in [2.24, 2.45) is 4.99 Å². The summed E-state index contributed by atoms with van der Waals surface area (Å²) in [7, 11) is 1.69. The summed E-state index contributed by atoms with van der Waals surface area (Å²) in [5.41, 5.74) is -0.425. The predicted molar refractivity (Wildman–Crippen MR) is 62.7 cm³/mol. The first-order valence-electron chi connectivity index (χ1n) is 5.50. The van der Waals surface area contributed by atoms with Crippen LogP contribution in [0, 0.1) is 0 Å². The summed E-state index contributed by atoms with van der Waals surface area (Å²) in [6.45, 7) is 8.47. The zero-order chi connectivity index (χ0) is 12.2. The summed E-state index contributed by atoms with van der Waals surface area (Å²) in [6.07, 6.45) is 2.64. The molecule has 0 aromatic carbocycles. The quantitative estimate of drug-likeness (QED) is 0.369. The molecule has 0 radical (unpaired) electrons. The van der Waals surface area contributed by atoms with E-state index < -0.39 is 5.60 Å². The normalized spacial score (nSPS) is 16.9. The minimum absolute atomic E-state index is 0.